The second kappa shape index (κ2) is 4.30. The summed E-state index contributed by atoms with van der Waals surface area (Å²) in [6.45, 7) is 3.89. The summed E-state index contributed by atoms with van der Waals surface area (Å²) < 4.78 is 0. The molecule has 0 saturated carbocycles. The molecule has 1 aromatic carbocycles. The molecule has 14 heavy (non-hydrogen) atoms. The third-order valence-corrected chi connectivity index (χ3v) is 2.79. The third-order valence-electron chi connectivity index (χ3n) is 2.54. The summed E-state index contributed by atoms with van der Waals surface area (Å²) in [6.07, 6.45) is 0.766. The van der Waals surface area contributed by atoms with E-state index in [1.54, 1.807) is 0 Å². The lowest BCUT2D eigenvalue weighted by atomic mass is 9.88. The van der Waals surface area contributed by atoms with Crippen molar-refractivity contribution in [2.75, 3.05) is 0 Å². The molecule has 2 unspecified atom stereocenters. The largest absolute Gasteiger partial charge is 0.326 e. The van der Waals surface area contributed by atoms with Crippen LogP contribution in [0.3, 0.4) is 0 Å². The molecule has 0 heterocycles. The van der Waals surface area contributed by atoms with Gasteiger partial charge in [-0.15, -0.1) is 0 Å². The first kappa shape index (κ1) is 11.5. The Morgan fingerprint density at radius 1 is 1.36 bits per heavy atom. The van der Waals surface area contributed by atoms with E-state index in [4.69, 9.17) is 23.1 Å². The van der Waals surface area contributed by atoms with E-state index in [2.05, 4.69) is 0 Å². The van der Waals surface area contributed by atoms with Crippen LogP contribution >= 0.6 is 11.6 Å². The highest BCUT2D eigenvalue weighted by Gasteiger charge is 2.23. The van der Waals surface area contributed by atoms with Crippen LogP contribution < -0.4 is 11.5 Å². The second-order valence-electron chi connectivity index (χ2n) is 4.10. The molecule has 0 aliphatic heterocycles. The second-order valence-corrected chi connectivity index (χ2v) is 4.53. The molecule has 0 aromatic heterocycles. The molecule has 3 heteroatoms. The van der Waals surface area contributed by atoms with Crippen LogP contribution in [0.25, 0.3) is 0 Å². The van der Waals surface area contributed by atoms with Gasteiger partial charge in [0.1, 0.15) is 0 Å². The lowest BCUT2D eigenvalue weighted by molar-refractivity contribution is 0.392. The molecule has 0 saturated heterocycles. The summed E-state index contributed by atoms with van der Waals surface area (Å²) >= 11 is 5.79. The van der Waals surface area contributed by atoms with Crippen LogP contribution in [0, 0.1) is 0 Å². The average Bonchev–Trinajstić information content (AvgIpc) is 2.08. The summed E-state index contributed by atoms with van der Waals surface area (Å²) in [5, 5.41) is 0.744. The van der Waals surface area contributed by atoms with Crippen molar-refractivity contribution in [2.45, 2.75) is 31.8 Å². The first-order valence-corrected chi connectivity index (χ1v) is 5.08. The molecule has 0 spiro atoms. The molecular formula is C11H17ClN2. The van der Waals surface area contributed by atoms with E-state index < -0.39 is 0 Å². The number of halogens is 1. The van der Waals surface area contributed by atoms with Crippen molar-refractivity contribution in [2.24, 2.45) is 11.5 Å². The molecule has 1 aromatic rings. The van der Waals surface area contributed by atoms with Gasteiger partial charge in [-0.05, 0) is 38.0 Å². The van der Waals surface area contributed by atoms with E-state index in [-0.39, 0.29) is 11.6 Å². The minimum Gasteiger partial charge on any atom is -0.326 e. The molecule has 2 nitrogen and oxygen atoms in total. The van der Waals surface area contributed by atoms with Gasteiger partial charge in [-0.25, -0.2) is 0 Å². The Labute approximate surface area is 90.2 Å². The van der Waals surface area contributed by atoms with Crippen molar-refractivity contribution < 1.29 is 0 Å². The maximum Gasteiger partial charge on any atom is 0.0406 e. The summed E-state index contributed by atoms with van der Waals surface area (Å²) in [5.74, 6) is 0. The topological polar surface area (TPSA) is 52.0 Å². The third kappa shape index (κ3) is 2.98. The molecule has 2 atom stereocenters. The molecule has 4 N–H and O–H groups in total. The average molecular weight is 213 g/mol. The molecule has 0 bridgehead atoms. The van der Waals surface area contributed by atoms with E-state index in [9.17, 15) is 0 Å². The zero-order valence-electron chi connectivity index (χ0n) is 8.63. The van der Waals surface area contributed by atoms with Crippen molar-refractivity contribution in [3.8, 4) is 0 Å². The normalized spacial score (nSPS) is 17.5. The van der Waals surface area contributed by atoms with Crippen molar-refractivity contribution >= 4 is 11.6 Å². The van der Waals surface area contributed by atoms with Crippen LogP contribution in [0.15, 0.2) is 24.3 Å². The monoisotopic (exact) mass is 212 g/mol. The van der Waals surface area contributed by atoms with Crippen molar-refractivity contribution in [1.82, 2.24) is 0 Å². The highest BCUT2D eigenvalue weighted by atomic mass is 35.5. The SMILES string of the molecule is CC(N)C(C)(N)Cc1ccc(Cl)cc1. The van der Waals surface area contributed by atoms with E-state index in [1.807, 2.05) is 38.1 Å². The fourth-order valence-electron chi connectivity index (χ4n) is 1.20. The highest BCUT2D eigenvalue weighted by Crippen LogP contribution is 2.16. The van der Waals surface area contributed by atoms with E-state index in [1.165, 1.54) is 0 Å². The van der Waals surface area contributed by atoms with Gasteiger partial charge >= 0.3 is 0 Å². The lowest BCUT2D eigenvalue weighted by Gasteiger charge is -2.29. The summed E-state index contributed by atoms with van der Waals surface area (Å²) in [6, 6.07) is 7.67. The highest BCUT2D eigenvalue weighted by molar-refractivity contribution is 6.30. The van der Waals surface area contributed by atoms with Crippen LogP contribution in [-0.2, 0) is 6.42 Å². The van der Waals surface area contributed by atoms with Gasteiger partial charge in [0.2, 0.25) is 0 Å². The van der Waals surface area contributed by atoms with Crippen LogP contribution in [0.1, 0.15) is 19.4 Å². The van der Waals surface area contributed by atoms with Gasteiger partial charge < -0.3 is 11.5 Å². The fraction of sp³-hybridized carbons (Fsp3) is 0.455. The van der Waals surface area contributed by atoms with E-state index in [0.29, 0.717) is 0 Å². The Morgan fingerprint density at radius 2 is 1.86 bits per heavy atom. The molecule has 0 amide bonds. The zero-order valence-corrected chi connectivity index (χ0v) is 9.38. The molecule has 0 fully saturated rings. The summed E-state index contributed by atoms with van der Waals surface area (Å²) in [5.41, 5.74) is 12.7. The first-order valence-electron chi connectivity index (χ1n) is 4.71. The number of hydrogen-bond donors (Lipinski definition) is 2. The van der Waals surface area contributed by atoms with Crippen LogP contribution in [-0.4, -0.2) is 11.6 Å². The van der Waals surface area contributed by atoms with Gasteiger partial charge in [-0.3, -0.25) is 0 Å². The predicted octanol–water partition coefficient (Wildman–Crippen LogP) is 1.95. The van der Waals surface area contributed by atoms with E-state index >= 15 is 0 Å². The molecule has 0 aliphatic carbocycles. The van der Waals surface area contributed by atoms with Gasteiger partial charge in [0, 0.05) is 16.6 Å². The van der Waals surface area contributed by atoms with Crippen LogP contribution in [0.4, 0.5) is 0 Å². The van der Waals surface area contributed by atoms with Crippen LogP contribution in [0.2, 0.25) is 5.02 Å². The van der Waals surface area contributed by atoms with Crippen molar-refractivity contribution in [3.63, 3.8) is 0 Å². The summed E-state index contributed by atoms with van der Waals surface area (Å²) in [7, 11) is 0. The van der Waals surface area contributed by atoms with Gasteiger partial charge in [0.15, 0.2) is 0 Å². The lowest BCUT2D eigenvalue weighted by Crippen LogP contribution is -2.52. The van der Waals surface area contributed by atoms with Crippen molar-refractivity contribution in [3.05, 3.63) is 34.9 Å². The van der Waals surface area contributed by atoms with Gasteiger partial charge in [-0.1, -0.05) is 23.7 Å². The number of nitrogens with two attached hydrogens (primary N) is 2. The molecular weight excluding hydrogens is 196 g/mol. The van der Waals surface area contributed by atoms with Crippen molar-refractivity contribution in [1.29, 1.82) is 0 Å². The smallest absolute Gasteiger partial charge is 0.0406 e. The van der Waals surface area contributed by atoms with Gasteiger partial charge in [0.25, 0.3) is 0 Å². The maximum absolute atomic E-state index is 6.07. The van der Waals surface area contributed by atoms with Crippen LogP contribution in [0.5, 0.6) is 0 Å². The molecule has 0 radical (unpaired) electrons. The quantitative estimate of drug-likeness (QED) is 0.805. The number of benzene rings is 1. The van der Waals surface area contributed by atoms with E-state index in [0.717, 1.165) is 17.0 Å². The first-order chi connectivity index (χ1) is 6.42. The Hall–Kier alpha value is -0.570. The minimum atomic E-state index is -0.367. The van der Waals surface area contributed by atoms with Gasteiger partial charge in [0.05, 0.1) is 0 Å². The Morgan fingerprint density at radius 3 is 2.29 bits per heavy atom. The van der Waals surface area contributed by atoms with Gasteiger partial charge in [-0.2, -0.15) is 0 Å². The minimum absolute atomic E-state index is 0.0295. The number of rotatable bonds is 3. The molecule has 1 rings (SSSR count). The molecule has 0 aliphatic rings. The Balaban J connectivity index is 2.74. The maximum atomic E-state index is 6.07. The Kier molecular flexibility index (Phi) is 3.53. The predicted molar refractivity (Wildman–Crippen MR) is 61.4 cm³/mol. The Bertz CT molecular complexity index is 291. The molecule has 78 valence electrons. The zero-order chi connectivity index (χ0) is 10.8. The number of hydrogen-bond acceptors (Lipinski definition) is 2. The fourth-order valence-corrected chi connectivity index (χ4v) is 1.33. The standard InChI is InChI=1S/C11H17ClN2/c1-8(13)11(2,14)7-9-3-5-10(12)6-4-9/h3-6,8H,7,13-14H2,1-2H3. The summed E-state index contributed by atoms with van der Waals surface area (Å²) in [4.78, 5) is 0.